The average molecular weight is 210 g/mol. The Bertz CT molecular complexity index is 177. The molecule has 0 aliphatic carbocycles. The highest BCUT2D eigenvalue weighted by atomic mass is 79.9. The fraction of sp³-hybridized carbons (Fsp3) is 0.250. The van der Waals surface area contributed by atoms with Crippen LogP contribution in [0.15, 0.2) is 15.7 Å². The molecule has 50 valence electrons. The molecule has 0 saturated heterocycles. The van der Waals surface area contributed by atoms with Gasteiger partial charge in [-0.15, -0.1) is 0 Å². The third kappa shape index (κ3) is 1.67. The molecule has 1 heterocycles. The third-order valence-corrected chi connectivity index (χ3v) is 1.64. The molecule has 0 amide bonds. The molecule has 1 aliphatic heterocycles. The van der Waals surface area contributed by atoms with E-state index in [4.69, 9.17) is 17.4 Å². The second-order valence-corrected chi connectivity index (χ2v) is 2.96. The summed E-state index contributed by atoms with van der Waals surface area (Å²) in [5.41, 5.74) is 0. The van der Waals surface area contributed by atoms with Crippen molar-refractivity contribution in [1.82, 2.24) is 5.01 Å². The maximum absolute atomic E-state index is 5.52. The third-order valence-electron chi connectivity index (χ3n) is 0.870. The molecule has 2 N–H and O–H groups in total. The van der Waals surface area contributed by atoms with Crippen LogP contribution in [0.2, 0.25) is 0 Å². The lowest BCUT2D eigenvalue weighted by Crippen LogP contribution is -2.36. The fourth-order valence-corrected chi connectivity index (χ4v) is 0.947. The van der Waals surface area contributed by atoms with Crippen LogP contribution in [-0.4, -0.2) is 16.8 Å². The number of hydrazine groups is 1. The first-order chi connectivity index (χ1) is 4.20. The van der Waals surface area contributed by atoms with Gasteiger partial charge in [0.05, 0.1) is 6.54 Å². The van der Waals surface area contributed by atoms with Crippen LogP contribution in [0.4, 0.5) is 0 Å². The Hall–Kier alpha value is -0.0600. The number of hydrogen-bond donors (Lipinski definition) is 1. The molecule has 0 fully saturated rings. The number of hydrogen-bond acceptors (Lipinski definition) is 3. The van der Waals surface area contributed by atoms with Gasteiger partial charge < -0.3 is 0 Å². The van der Waals surface area contributed by atoms with Crippen molar-refractivity contribution >= 4 is 32.8 Å². The van der Waals surface area contributed by atoms with Crippen molar-refractivity contribution in [2.45, 2.75) is 0 Å². The molecule has 0 bridgehead atoms. The minimum absolute atomic E-state index is 0.318. The van der Waals surface area contributed by atoms with E-state index in [1.807, 2.05) is 0 Å². The van der Waals surface area contributed by atoms with Crippen molar-refractivity contribution in [3.8, 4) is 0 Å². The highest BCUT2D eigenvalue weighted by Crippen LogP contribution is 2.11. The highest BCUT2D eigenvalue weighted by Gasteiger charge is 2.08. The van der Waals surface area contributed by atoms with Crippen molar-refractivity contribution in [2.24, 2.45) is 10.8 Å². The maximum atomic E-state index is 5.52. The Kier molecular flexibility index (Phi) is 2.10. The largest absolute Gasteiger partial charge is 0.280 e. The van der Waals surface area contributed by atoms with Crippen LogP contribution < -0.4 is 5.84 Å². The van der Waals surface area contributed by atoms with Crippen molar-refractivity contribution in [3.05, 3.63) is 10.7 Å². The smallest absolute Gasteiger partial charge is 0.213 e. The van der Waals surface area contributed by atoms with Gasteiger partial charge in [0.2, 0.25) is 5.29 Å². The van der Waals surface area contributed by atoms with E-state index >= 15 is 0 Å². The summed E-state index contributed by atoms with van der Waals surface area (Å²) in [4.78, 5) is 3.77. The summed E-state index contributed by atoms with van der Waals surface area (Å²) >= 11 is 8.75. The number of nitrogens with two attached hydrogens (primary N) is 1. The molecule has 0 saturated carbocycles. The first kappa shape index (κ1) is 7.05. The molecule has 0 radical (unpaired) electrons. The van der Waals surface area contributed by atoms with Gasteiger partial charge in [0.1, 0.15) is 0 Å². The standard InChI is InChI=1S/C4H5BrClN3/c5-3-1-8-4(6)9(7)2-3/h1H,2,7H2. The summed E-state index contributed by atoms with van der Waals surface area (Å²) < 4.78 is 0.925. The lowest BCUT2D eigenvalue weighted by molar-refractivity contribution is 0.489. The minimum Gasteiger partial charge on any atom is -0.280 e. The summed E-state index contributed by atoms with van der Waals surface area (Å²) in [5.74, 6) is 5.37. The van der Waals surface area contributed by atoms with E-state index in [-0.39, 0.29) is 0 Å². The predicted octanol–water partition coefficient (Wildman–Crippen LogP) is 1.01. The Morgan fingerprint density at radius 1 is 1.89 bits per heavy atom. The van der Waals surface area contributed by atoms with Crippen LogP contribution in [0.25, 0.3) is 0 Å². The van der Waals surface area contributed by atoms with Crippen molar-refractivity contribution in [2.75, 3.05) is 6.54 Å². The molecule has 9 heavy (non-hydrogen) atoms. The summed E-state index contributed by atoms with van der Waals surface area (Å²) in [7, 11) is 0. The highest BCUT2D eigenvalue weighted by molar-refractivity contribution is 9.11. The van der Waals surface area contributed by atoms with Gasteiger partial charge >= 0.3 is 0 Å². The number of rotatable bonds is 0. The number of halogens is 2. The van der Waals surface area contributed by atoms with Gasteiger partial charge in [0.25, 0.3) is 0 Å². The molecule has 0 aromatic carbocycles. The van der Waals surface area contributed by atoms with Gasteiger partial charge in [0, 0.05) is 10.7 Å². The first-order valence-corrected chi connectivity index (χ1v) is 3.47. The van der Waals surface area contributed by atoms with Crippen LogP contribution in [0, 0.1) is 0 Å². The molecular formula is C4H5BrClN3. The van der Waals surface area contributed by atoms with E-state index in [2.05, 4.69) is 20.9 Å². The van der Waals surface area contributed by atoms with E-state index in [1.165, 1.54) is 5.01 Å². The molecule has 0 aromatic rings. The van der Waals surface area contributed by atoms with E-state index in [1.54, 1.807) is 6.20 Å². The van der Waals surface area contributed by atoms with Gasteiger partial charge in [-0.2, -0.15) is 0 Å². The molecule has 3 nitrogen and oxygen atoms in total. The Morgan fingerprint density at radius 3 is 3.00 bits per heavy atom. The van der Waals surface area contributed by atoms with E-state index in [0.29, 0.717) is 11.8 Å². The van der Waals surface area contributed by atoms with Gasteiger partial charge in [-0.05, 0) is 11.6 Å². The van der Waals surface area contributed by atoms with Crippen LogP contribution in [0.1, 0.15) is 0 Å². The number of nitrogens with zero attached hydrogens (tertiary/aromatic N) is 2. The lowest BCUT2D eigenvalue weighted by atomic mass is 10.5. The molecule has 0 aromatic heterocycles. The topological polar surface area (TPSA) is 41.6 Å². The lowest BCUT2D eigenvalue weighted by Gasteiger charge is -2.17. The van der Waals surface area contributed by atoms with E-state index in [9.17, 15) is 0 Å². The van der Waals surface area contributed by atoms with Gasteiger partial charge in [0.15, 0.2) is 0 Å². The molecule has 0 unspecified atom stereocenters. The monoisotopic (exact) mass is 209 g/mol. The summed E-state index contributed by atoms with van der Waals surface area (Å²) in [6.07, 6.45) is 1.63. The maximum Gasteiger partial charge on any atom is 0.213 e. The van der Waals surface area contributed by atoms with Crippen molar-refractivity contribution in [1.29, 1.82) is 0 Å². The zero-order valence-electron chi connectivity index (χ0n) is 4.51. The van der Waals surface area contributed by atoms with Crippen LogP contribution in [0.5, 0.6) is 0 Å². The molecule has 0 spiro atoms. The van der Waals surface area contributed by atoms with Crippen LogP contribution in [-0.2, 0) is 0 Å². The van der Waals surface area contributed by atoms with Crippen LogP contribution >= 0.6 is 27.5 Å². The van der Waals surface area contributed by atoms with Crippen LogP contribution in [0.3, 0.4) is 0 Å². The SMILES string of the molecule is NN1CC(Br)=CN=C1Cl. The van der Waals surface area contributed by atoms with Gasteiger partial charge in [-0.3, -0.25) is 5.01 Å². The van der Waals surface area contributed by atoms with Gasteiger partial charge in [-0.25, -0.2) is 10.8 Å². The predicted molar refractivity (Wildman–Crippen MR) is 41.2 cm³/mol. The normalized spacial score (nSPS) is 19.2. The zero-order chi connectivity index (χ0) is 6.85. The first-order valence-electron chi connectivity index (χ1n) is 2.30. The Labute approximate surface area is 66.3 Å². The number of amidine groups is 1. The average Bonchev–Trinajstić information content (AvgIpc) is 1.80. The number of aliphatic imine (C=N–C) groups is 1. The minimum atomic E-state index is 0.318. The van der Waals surface area contributed by atoms with E-state index in [0.717, 1.165) is 4.48 Å². The Morgan fingerprint density at radius 2 is 2.56 bits per heavy atom. The second kappa shape index (κ2) is 2.68. The molecule has 1 aliphatic rings. The van der Waals surface area contributed by atoms with Crippen molar-refractivity contribution < 1.29 is 0 Å². The fourth-order valence-electron chi connectivity index (χ4n) is 0.466. The molecular weight excluding hydrogens is 205 g/mol. The zero-order valence-corrected chi connectivity index (χ0v) is 6.85. The summed E-state index contributed by atoms with van der Waals surface area (Å²) in [6.45, 7) is 0.586. The molecule has 0 atom stereocenters. The Balaban J connectivity index is 2.74. The van der Waals surface area contributed by atoms with Gasteiger partial charge in [-0.1, -0.05) is 15.9 Å². The quantitative estimate of drug-likeness (QED) is 0.479. The molecule has 1 rings (SSSR count). The summed E-state index contributed by atoms with van der Waals surface area (Å²) in [6, 6.07) is 0. The molecule has 5 heteroatoms. The van der Waals surface area contributed by atoms with Crippen molar-refractivity contribution in [3.63, 3.8) is 0 Å². The van der Waals surface area contributed by atoms with E-state index < -0.39 is 0 Å². The summed E-state index contributed by atoms with van der Waals surface area (Å²) in [5, 5.41) is 1.67. The second-order valence-electron chi connectivity index (χ2n) is 1.60.